The summed E-state index contributed by atoms with van der Waals surface area (Å²) in [6.45, 7) is 8.10. The molecule has 0 aliphatic carbocycles. The zero-order valence-corrected chi connectivity index (χ0v) is 18.0. The lowest BCUT2D eigenvalue weighted by molar-refractivity contribution is 0.0224. The lowest BCUT2D eigenvalue weighted by Crippen LogP contribution is -2.40. The third-order valence-corrected chi connectivity index (χ3v) is 4.40. The van der Waals surface area contributed by atoms with Gasteiger partial charge in [-0.15, -0.1) is 0 Å². The summed E-state index contributed by atoms with van der Waals surface area (Å²) < 4.78 is 15.1. The molecule has 31 heavy (non-hydrogen) atoms. The van der Waals surface area contributed by atoms with Crippen LogP contribution in [0.5, 0.6) is 5.75 Å². The van der Waals surface area contributed by atoms with Gasteiger partial charge in [-0.3, -0.25) is 9.89 Å². The predicted octanol–water partition coefficient (Wildman–Crippen LogP) is 3.49. The van der Waals surface area contributed by atoms with E-state index in [0.29, 0.717) is 24.3 Å². The number of fused-ring (bicyclic) bond motifs is 1. The monoisotopic (exact) mass is 430 g/mol. The van der Waals surface area contributed by atoms with E-state index in [1.165, 1.54) is 24.3 Å². The first-order valence-corrected chi connectivity index (χ1v) is 9.96. The Hall–Kier alpha value is -3.56. The van der Waals surface area contributed by atoms with Crippen LogP contribution in [0.4, 0.5) is 15.4 Å². The topological polar surface area (TPSA) is 123 Å². The summed E-state index contributed by atoms with van der Waals surface area (Å²) >= 11 is 0. The highest BCUT2D eigenvalue weighted by Crippen LogP contribution is 2.26. The molecule has 1 aliphatic heterocycles. The van der Waals surface area contributed by atoms with Gasteiger partial charge in [0.15, 0.2) is 5.82 Å². The number of ether oxygens (including phenoxy) is 3. The molecule has 0 atom stereocenters. The minimum atomic E-state index is -0.808. The van der Waals surface area contributed by atoms with E-state index < -0.39 is 17.8 Å². The first kappa shape index (κ1) is 22.1. The van der Waals surface area contributed by atoms with Gasteiger partial charge in [0.25, 0.3) is 5.91 Å². The van der Waals surface area contributed by atoms with E-state index in [2.05, 4.69) is 15.5 Å². The first-order chi connectivity index (χ1) is 14.7. The number of carbonyl (C=O) groups is 3. The van der Waals surface area contributed by atoms with Crippen molar-refractivity contribution in [2.75, 3.05) is 18.5 Å². The SMILES string of the molecule is CCOC(=O)Oc1ccc(C(=O)Nc2n[nH]c3c2CN(C(=O)OC(C)(C)C)CC3)cc1. The van der Waals surface area contributed by atoms with Gasteiger partial charge in [-0.05, 0) is 52.0 Å². The van der Waals surface area contributed by atoms with E-state index >= 15 is 0 Å². The normalized spacial score (nSPS) is 13.2. The maximum Gasteiger partial charge on any atom is 0.513 e. The van der Waals surface area contributed by atoms with Crippen LogP contribution in [0.2, 0.25) is 0 Å². The lowest BCUT2D eigenvalue weighted by atomic mass is 10.1. The molecule has 0 radical (unpaired) electrons. The number of hydrogen-bond donors (Lipinski definition) is 2. The Kier molecular flexibility index (Phi) is 6.47. The molecule has 10 heteroatoms. The average Bonchev–Trinajstić information content (AvgIpc) is 3.09. The Labute approximate surface area is 179 Å². The maximum atomic E-state index is 12.6. The largest absolute Gasteiger partial charge is 0.513 e. The molecule has 166 valence electrons. The van der Waals surface area contributed by atoms with E-state index in [1.54, 1.807) is 11.8 Å². The molecule has 3 rings (SSSR count). The van der Waals surface area contributed by atoms with Gasteiger partial charge >= 0.3 is 12.2 Å². The number of nitrogens with zero attached hydrogens (tertiary/aromatic N) is 2. The highest BCUT2D eigenvalue weighted by molar-refractivity contribution is 6.04. The zero-order valence-electron chi connectivity index (χ0n) is 18.0. The Morgan fingerprint density at radius 2 is 1.90 bits per heavy atom. The van der Waals surface area contributed by atoms with E-state index in [0.717, 1.165) is 11.3 Å². The minimum absolute atomic E-state index is 0.207. The number of H-pyrrole nitrogens is 1. The van der Waals surface area contributed by atoms with Gasteiger partial charge in [-0.25, -0.2) is 9.59 Å². The van der Waals surface area contributed by atoms with Crippen LogP contribution in [-0.2, 0) is 22.4 Å². The van der Waals surface area contributed by atoms with Gasteiger partial charge in [0.05, 0.1) is 13.2 Å². The number of carbonyl (C=O) groups excluding carboxylic acids is 3. The molecule has 1 aromatic heterocycles. The number of nitrogens with one attached hydrogen (secondary N) is 2. The van der Waals surface area contributed by atoms with Crippen molar-refractivity contribution in [3.63, 3.8) is 0 Å². The van der Waals surface area contributed by atoms with Gasteiger partial charge in [0, 0.05) is 29.8 Å². The van der Waals surface area contributed by atoms with Crippen molar-refractivity contribution in [1.29, 1.82) is 0 Å². The fraction of sp³-hybridized carbons (Fsp3) is 0.429. The Morgan fingerprint density at radius 3 is 2.55 bits per heavy atom. The molecule has 0 fully saturated rings. The fourth-order valence-electron chi connectivity index (χ4n) is 2.98. The molecule has 2 amide bonds. The number of aromatic nitrogens is 2. The van der Waals surface area contributed by atoms with Crippen LogP contribution in [0.3, 0.4) is 0 Å². The van der Waals surface area contributed by atoms with Gasteiger partial charge in [-0.2, -0.15) is 5.10 Å². The smallest absolute Gasteiger partial charge is 0.444 e. The number of benzene rings is 1. The Balaban J connectivity index is 1.65. The summed E-state index contributed by atoms with van der Waals surface area (Å²) in [6.07, 6.45) is -0.636. The quantitative estimate of drug-likeness (QED) is 0.562. The van der Waals surface area contributed by atoms with Crippen molar-refractivity contribution in [1.82, 2.24) is 15.1 Å². The molecule has 2 N–H and O–H groups in total. The second-order valence-electron chi connectivity index (χ2n) is 7.94. The highest BCUT2D eigenvalue weighted by atomic mass is 16.7. The lowest BCUT2D eigenvalue weighted by Gasteiger charge is -2.30. The van der Waals surface area contributed by atoms with Crippen molar-refractivity contribution in [2.24, 2.45) is 0 Å². The van der Waals surface area contributed by atoms with E-state index in [1.807, 2.05) is 20.8 Å². The van der Waals surface area contributed by atoms with Crippen molar-refractivity contribution in [3.8, 4) is 5.75 Å². The maximum absolute atomic E-state index is 12.6. The van der Waals surface area contributed by atoms with Gasteiger partial charge in [0.1, 0.15) is 11.4 Å². The second kappa shape index (κ2) is 9.07. The average molecular weight is 430 g/mol. The van der Waals surface area contributed by atoms with E-state index in [4.69, 9.17) is 14.2 Å². The van der Waals surface area contributed by atoms with Crippen LogP contribution in [0, 0.1) is 0 Å². The number of rotatable bonds is 4. The van der Waals surface area contributed by atoms with Crippen molar-refractivity contribution >= 4 is 24.0 Å². The Morgan fingerprint density at radius 1 is 1.19 bits per heavy atom. The van der Waals surface area contributed by atoms with Crippen molar-refractivity contribution in [2.45, 2.75) is 46.3 Å². The molecule has 0 unspecified atom stereocenters. The predicted molar refractivity (Wildman–Crippen MR) is 111 cm³/mol. The molecular formula is C21H26N4O6. The third kappa shape index (κ3) is 5.74. The van der Waals surface area contributed by atoms with Crippen LogP contribution >= 0.6 is 0 Å². The molecule has 0 spiro atoms. The molecular weight excluding hydrogens is 404 g/mol. The van der Waals surface area contributed by atoms with Crippen LogP contribution in [0.15, 0.2) is 24.3 Å². The highest BCUT2D eigenvalue weighted by Gasteiger charge is 2.29. The molecule has 2 aromatic rings. The number of amides is 2. The molecule has 0 saturated heterocycles. The van der Waals surface area contributed by atoms with Crippen molar-refractivity contribution < 1.29 is 28.6 Å². The number of anilines is 1. The molecule has 10 nitrogen and oxygen atoms in total. The summed E-state index contributed by atoms with van der Waals surface area (Å²) in [5, 5.41) is 9.87. The summed E-state index contributed by atoms with van der Waals surface area (Å²) in [4.78, 5) is 38.0. The molecule has 1 aromatic carbocycles. The van der Waals surface area contributed by atoms with Gasteiger partial charge in [-0.1, -0.05) is 0 Å². The second-order valence-corrected chi connectivity index (χ2v) is 7.94. The van der Waals surface area contributed by atoms with E-state index in [9.17, 15) is 14.4 Å². The fourth-order valence-corrected chi connectivity index (χ4v) is 2.98. The third-order valence-electron chi connectivity index (χ3n) is 4.40. The summed E-state index contributed by atoms with van der Waals surface area (Å²) in [6, 6.07) is 6.04. The minimum Gasteiger partial charge on any atom is -0.444 e. The summed E-state index contributed by atoms with van der Waals surface area (Å²) in [5.74, 6) is 0.242. The number of aromatic amines is 1. The summed E-state index contributed by atoms with van der Waals surface area (Å²) in [7, 11) is 0. The zero-order chi connectivity index (χ0) is 22.6. The molecule has 1 aliphatic rings. The van der Waals surface area contributed by atoms with Crippen LogP contribution in [0.1, 0.15) is 49.3 Å². The van der Waals surface area contributed by atoms with Crippen LogP contribution in [0.25, 0.3) is 0 Å². The van der Waals surface area contributed by atoms with Crippen LogP contribution < -0.4 is 10.1 Å². The van der Waals surface area contributed by atoms with Gasteiger partial charge < -0.3 is 24.4 Å². The molecule has 2 heterocycles. The molecule has 0 bridgehead atoms. The van der Waals surface area contributed by atoms with E-state index in [-0.39, 0.29) is 24.8 Å². The van der Waals surface area contributed by atoms with Crippen LogP contribution in [-0.4, -0.2) is 52.0 Å². The summed E-state index contributed by atoms with van der Waals surface area (Å²) in [5.41, 5.74) is 1.38. The number of hydrogen-bond acceptors (Lipinski definition) is 7. The Bertz CT molecular complexity index is 961. The molecule has 0 saturated carbocycles. The van der Waals surface area contributed by atoms with Crippen molar-refractivity contribution in [3.05, 3.63) is 41.1 Å². The standard InChI is InChI=1S/C21H26N4O6/c1-5-29-20(28)30-14-8-6-13(7-9-14)18(26)22-17-15-12-25(11-10-16(15)23-24-17)19(27)31-21(2,3)4/h6-9H,5,10-12H2,1-4H3,(H2,22,23,24,26). The first-order valence-electron chi connectivity index (χ1n) is 9.96. The van der Waals surface area contributed by atoms with Gasteiger partial charge in [0.2, 0.25) is 0 Å².